The number of alkyl halides is 2. The average molecular weight is 312 g/mol. The van der Waals surface area contributed by atoms with Crippen LogP contribution in [0.1, 0.15) is 5.56 Å². The van der Waals surface area contributed by atoms with Crippen molar-refractivity contribution in [2.24, 2.45) is 0 Å². The number of halogens is 3. The molecule has 0 bridgehead atoms. The van der Waals surface area contributed by atoms with Gasteiger partial charge in [-0.1, -0.05) is 29.8 Å². The smallest absolute Gasteiger partial charge is 0.387 e. The number of rotatable bonds is 5. The first-order chi connectivity index (χ1) is 10.0. The Balaban J connectivity index is 1.95. The maximum atomic E-state index is 12.0. The lowest BCUT2D eigenvalue weighted by Crippen LogP contribution is -2.14. The second-order valence-corrected chi connectivity index (χ2v) is 4.63. The molecule has 2 aromatic carbocycles. The fourth-order valence-corrected chi connectivity index (χ4v) is 1.94. The third-order valence-electron chi connectivity index (χ3n) is 2.67. The summed E-state index contributed by atoms with van der Waals surface area (Å²) in [4.78, 5) is 11.9. The molecule has 0 spiro atoms. The highest BCUT2D eigenvalue weighted by atomic mass is 35.5. The number of nitrogens with one attached hydrogen (secondary N) is 1. The molecule has 110 valence electrons. The van der Waals surface area contributed by atoms with E-state index in [0.29, 0.717) is 16.3 Å². The third kappa shape index (κ3) is 4.72. The Kier molecular flexibility index (Phi) is 5.11. The van der Waals surface area contributed by atoms with Gasteiger partial charge in [0.15, 0.2) is 0 Å². The lowest BCUT2D eigenvalue weighted by molar-refractivity contribution is -0.115. The standard InChI is InChI=1S/C15H12ClF2NO2/c16-13-4-2-1-3-10(13)9-14(20)19-11-5-7-12(8-6-11)21-15(17)18/h1-8,15H,9H2,(H,19,20). The van der Waals surface area contributed by atoms with Crippen molar-refractivity contribution in [3.05, 3.63) is 59.1 Å². The summed E-state index contributed by atoms with van der Waals surface area (Å²) in [5.41, 5.74) is 1.21. The molecule has 0 fully saturated rings. The van der Waals surface area contributed by atoms with Gasteiger partial charge in [0.25, 0.3) is 0 Å². The van der Waals surface area contributed by atoms with E-state index in [1.54, 1.807) is 24.3 Å². The molecule has 0 atom stereocenters. The molecule has 0 aliphatic heterocycles. The molecule has 0 heterocycles. The van der Waals surface area contributed by atoms with Crippen LogP contribution in [0, 0.1) is 0 Å². The molecule has 0 radical (unpaired) electrons. The SMILES string of the molecule is O=C(Cc1ccccc1Cl)Nc1ccc(OC(F)F)cc1. The van der Waals surface area contributed by atoms with Gasteiger partial charge in [-0.2, -0.15) is 8.78 Å². The van der Waals surface area contributed by atoms with E-state index < -0.39 is 6.61 Å². The summed E-state index contributed by atoms with van der Waals surface area (Å²) in [6.07, 6.45) is 0.134. The van der Waals surface area contributed by atoms with Crippen LogP contribution in [0.15, 0.2) is 48.5 Å². The van der Waals surface area contributed by atoms with Crippen molar-refractivity contribution in [3.8, 4) is 5.75 Å². The third-order valence-corrected chi connectivity index (χ3v) is 3.04. The number of carbonyl (C=O) groups excluding carboxylic acids is 1. The molecule has 6 heteroatoms. The highest BCUT2D eigenvalue weighted by molar-refractivity contribution is 6.31. The molecule has 0 saturated carbocycles. The van der Waals surface area contributed by atoms with Gasteiger partial charge in [0.2, 0.25) is 5.91 Å². The maximum Gasteiger partial charge on any atom is 0.387 e. The zero-order valence-electron chi connectivity index (χ0n) is 10.9. The van der Waals surface area contributed by atoms with Gasteiger partial charge in [-0.25, -0.2) is 0 Å². The summed E-state index contributed by atoms with van der Waals surface area (Å²) < 4.78 is 28.2. The van der Waals surface area contributed by atoms with Crippen LogP contribution in [0.5, 0.6) is 5.75 Å². The van der Waals surface area contributed by atoms with E-state index in [1.807, 2.05) is 0 Å². The van der Waals surface area contributed by atoms with Crippen molar-refractivity contribution >= 4 is 23.2 Å². The quantitative estimate of drug-likeness (QED) is 0.902. The van der Waals surface area contributed by atoms with Crippen LogP contribution in [0.25, 0.3) is 0 Å². The number of anilines is 1. The van der Waals surface area contributed by atoms with Crippen LogP contribution in [0.3, 0.4) is 0 Å². The Morgan fingerprint density at radius 3 is 2.43 bits per heavy atom. The fourth-order valence-electron chi connectivity index (χ4n) is 1.74. The molecular formula is C15H12ClF2NO2. The molecular weight excluding hydrogens is 300 g/mol. The highest BCUT2D eigenvalue weighted by Crippen LogP contribution is 2.19. The molecule has 0 saturated heterocycles. The monoisotopic (exact) mass is 311 g/mol. The van der Waals surface area contributed by atoms with Crippen molar-refractivity contribution in [1.29, 1.82) is 0 Å². The van der Waals surface area contributed by atoms with Crippen LogP contribution in [-0.4, -0.2) is 12.5 Å². The predicted molar refractivity (Wildman–Crippen MR) is 76.9 cm³/mol. The van der Waals surface area contributed by atoms with Gasteiger partial charge < -0.3 is 10.1 Å². The zero-order valence-corrected chi connectivity index (χ0v) is 11.6. The lowest BCUT2D eigenvalue weighted by atomic mass is 10.1. The van der Waals surface area contributed by atoms with E-state index >= 15 is 0 Å². The number of amides is 1. The van der Waals surface area contributed by atoms with Crippen molar-refractivity contribution in [2.45, 2.75) is 13.0 Å². The maximum absolute atomic E-state index is 12.0. The van der Waals surface area contributed by atoms with Crippen LogP contribution in [-0.2, 0) is 11.2 Å². The van der Waals surface area contributed by atoms with E-state index in [4.69, 9.17) is 11.6 Å². The molecule has 21 heavy (non-hydrogen) atoms. The van der Waals surface area contributed by atoms with E-state index in [-0.39, 0.29) is 18.1 Å². The van der Waals surface area contributed by atoms with Crippen LogP contribution < -0.4 is 10.1 Å². The van der Waals surface area contributed by atoms with E-state index in [2.05, 4.69) is 10.1 Å². The van der Waals surface area contributed by atoms with Gasteiger partial charge >= 0.3 is 6.61 Å². The minimum Gasteiger partial charge on any atom is -0.435 e. The van der Waals surface area contributed by atoms with Crippen molar-refractivity contribution in [3.63, 3.8) is 0 Å². The highest BCUT2D eigenvalue weighted by Gasteiger charge is 2.08. The van der Waals surface area contributed by atoms with Crippen molar-refractivity contribution < 1.29 is 18.3 Å². The number of hydrogen-bond donors (Lipinski definition) is 1. The summed E-state index contributed by atoms with van der Waals surface area (Å²) in [5.74, 6) is -0.209. The zero-order chi connectivity index (χ0) is 15.2. The van der Waals surface area contributed by atoms with Crippen molar-refractivity contribution in [2.75, 3.05) is 5.32 Å². The number of benzene rings is 2. The van der Waals surface area contributed by atoms with E-state index in [9.17, 15) is 13.6 Å². The largest absolute Gasteiger partial charge is 0.435 e. The number of ether oxygens (including phenoxy) is 1. The molecule has 1 N–H and O–H groups in total. The summed E-state index contributed by atoms with van der Waals surface area (Å²) in [5, 5.41) is 3.18. The molecule has 1 amide bonds. The Labute approximate surface area is 125 Å². The second kappa shape index (κ2) is 7.04. The number of carbonyl (C=O) groups is 1. The van der Waals surface area contributed by atoms with Gasteiger partial charge in [-0.3, -0.25) is 4.79 Å². The van der Waals surface area contributed by atoms with Gasteiger partial charge in [0.05, 0.1) is 6.42 Å². The minimum absolute atomic E-state index is 0.0362. The molecule has 2 aromatic rings. The van der Waals surface area contributed by atoms with Gasteiger partial charge in [0, 0.05) is 10.7 Å². The molecule has 3 nitrogen and oxygen atoms in total. The Morgan fingerprint density at radius 2 is 1.81 bits per heavy atom. The minimum atomic E-state index is -2.87. The summed E-state index contributed by atoms with van der Waals surface area (Å²) >= 11 is 5.97. The fraction of sp³-hybridized carbons (Fsp3) is 0.133. The Hall–Kier alpha value is -2.14. The first-order valence-electron chi connectivity index (χ1n) is 6.13. The lowest BCUT2D eigenvalue weighted by Gasteiger charge is -2.08. The van der Waals surface area contributed by atoms with Crippen molar-refractivity contribution in [1.82, 2.24) is 0 Å². The first kappa shape index (κ1) is 15.3. The van der Waals surface area contributed by atoms with Crippen LogP contribution >= 0.6 is 11.6 Å². The topological polar surface area (TPSA) is 38.3 Å². The number of hydrogen-bond acceptors (Lipinski definition) is 2. The van der Waals surface area contributed by atoms with Gasteiger partial charge in [-0.05, 0) is 35.9 Å². The first-order valence-corrected chi connectivity index (χ1v) is 6.50. The molecule has 2 rings (SSSR count). The Bertz CT molecular complexity index is 617. The summed E-state index contributed by atoms with van der Waals surface area (Å²) in [6.45, 7) is -2.87. The molecule has 0 aliphatic rings. The molecule has 0 aromatic heterocycles. The van der Waals surface area contributed by atoms with Crippen LogP contribution in [0.4, 0.5) is 14.5 Å². The van der Waals surface area contributed by atoms with Gasteiger partial charge in [0.1, 0.15) is 5.75 Å². The van der Waals surface area contributed by atoms with Gasteiger partial charge in [-0.15, -0.1) is 0 Å². The summed E-state index contributed by atoms with van der Waals surface area (Å²) in [6, 6.07) is 12.7. The average Bonchev–Trinajstić information content (AvgIpc) is 2.43. The van der Waals surface area contributed by atoms with E-state index in [0.717, 1.165) is 0 Å². The Morgan fingerprint density at radius 1 is 1.14 bits per heavy atom. The molecule has 0 unspecified atom stereocenters. The second-order valence-electron chi connectivity index (χ2n) is 4.22. The van der Waals surface area contributed by atoms with Crippen LogP contribution in [0.2, 0.25) is 5.02 Å². The summed E-state index contributed by atoms with van der Waals surface area (Å²) in [7, 11) is 0. The normalized spacial score (nSPS) is 10.5. The molecule has 0 aliphatic carbocycles. The predicted octanol–water partition coefficient (Wildman–Crippen LogP) is 4.12. The van der Waals surface area contributed by atoms with E-state index in [1.165, 1.54) is 24.3 Å².